The standard InChI is InChI=1S/C19H30BClN4O3/c1-13(2)25(15-7-8-24(12-15)16(26)9-21)17-22-10-14(11-23-17)20-27-18(3,4)19(5,6)28-20/h10-11,13,15H,7-9,12H2,1-6H3. The molecule has 0 aliphatic carbocycles. The topological polar surface area (TPSA) is 67.8 Å². The summed E-state index contributed by atoms with van der Waals surface area (Å²) in [6.45, 7) is 13.7. The van der Waals surface area contributed by atoms with Crippen LogP contribution in [0.25, 0.3) is 0 Å². The van der Waals surface area contributed by atoms with E-state index < -0.39 is 18.3 Å². The third kappa shape index (κ3) is 4.00. The zero-order chi connectivity index (χ0) is 20.7. The van der Waals surface area contributed by atoms with Gasteiger partial charge in [0.2, 0.25) is 11.9 Å². The highest BCUT2D eigenvalue weighted by atomic mass is 35.5. The molecule has 1 unspecified atom stereocenters. The van der Waals surface area contributed by atoms with Crippen LogP contribution < -0.4 is 10.4 Å². The summed E-state index contributed by atoms with van der Waals surface area (Å²) in [5, 5.41) is 0. The van der Waals surface area contributed by atoms with Crippen molar-refractivity contribution in [3.63, 3.8) is 0 Å². The van der Waals surface area contributed by atoms with Gasteiger partial charge in [0, 0.05) is 37.0 Å². The van der Waals surface area contributed by atoms with Crippen LogP contribution in [0.3, 0.4) is 0 Å². The van der Waals surface area contributed by atoms with Crippen molar-refractivity contribution in [3.05, 3.63) is 12.4 Å². The van der Waals surface area contributed by atoms with Gasteiger partial charge in [-0.25, -0.2) is 9.97 Å². The van der Waals surface area contributed by atoms with Crippen molar-refractivity contribution in [1.29, 1.82) is 0 Å². The molecule has 2 saturated heterocycles. The monoisotopic (exact) mass is 408 g/mol. The Hall–Kier alpha value is -1.38. The van der Waals surface area contributed by atoms with Crippen molar-refractivity contribution >= 4 is 36.0 Å². The van der Waals surface area contributed by atoms with Crippen molar-refractivity contribution in [1.82, 2.24) is 14.9 Å². The van der Waals surface area contributed by atoms with Gasteiger partial charge in [0.05, 0.1) is 17.2 Å². The molecule has 7 nitrogen and oxygen atoms in total. The molecule has 0 aromatic carbocycles. The Labute approximate surface area is 172 Å². The van der Waals surface area contributed by atoms with E-state index in [0.29, 0.717) is 19.0 Å². The fourth-order valence-corrected chi connectivity index (χ4v) is 3.83. The fourth-order valence-electron chi connectivity index (χ4n) is 3.66. The number of hydrogen-bond acceptors (Lipinski definition) is 6. The third-order valence-corrected chi connectivity index (χ3v) is 6.22. The average molecular weight is 409 g/mol. The Balaban J connectivity index is 1.75. The van der Waals surface area contributed by atoms with E-state index in [9.17, 15) is 4.79 Å². The van der Waals surface area contributed by atoms with E-state index in [1.54, 1.807) is 12.4 Å². The van der Waals surface area contributed by atoms with Crippen molar-refractivity contribution in [2.24, 2.45) is 0 Å². The van der Waals surface area contributed by atoms with Gasteiger partial charge in [-0.3, -0.25) is 4.79 Å². The summed E-state index contributed by atoms with van der Waals surface area (Å²) in [4.78, 5) is 25.1. The largest absolute Gasteiger partial charge is 0.498 e. The van der Waals surface area contributed by atoms with Gasteiger partial charge in [-0.2, -0.15) is 0 Å². The van der Waals surface area contributed by atoms with E-state index in [0.717, 1.165) is 11.9 Å². The van der Waals surface area contributed by atoms with Crippen LogP contribution in [0, 0.1) is 0 Å². The highest BCUT2D eigenvalue weighted by Crippen LogP contribution is 2.36. The lowest BCUT2D eigenvalue weighted by atomic mass is 9.81. The molecule has 3 rings (SSSR count). The molecular formula is C19H30BClN4O3. The number of anilines is 1. The first-order valence-electron chi connectivity index (χ1n) is 9.85. The molecule has 0 saturated carbocycles. The fraction of sp³-hybridized carbons (Fsp3) is 0.737. The zero-order valence-electron chi connectivity index (χ0n) is 17.6. The molecule has 2 aliphatic heterocycles. The summed E-state index contributed by atoms with van der Waals surface area (Å²) < 4.78 is 12.2. The molecule has 9 heteroatoms. The van der Waals surface area contributed by atoms with E-state index in [2.05, 4.69) is 28.7 Å². The van der Waals surface area contributed by atoms with Crippen molar-refractivity contribution in [2.75, 3.05) is 23.9 Å². The summed E-state index contributed by atoms with van der Waals surface area (Å²) in [5.74, 6) is 0.651. The van der Waals surface area contributed by atoms with Gasteiger partial charge < -0.3 is 19.1 Å². The smallest absolute Gasteiger partial charge is 0.399 e. The number of amides is 1. The lowest BCUT2D eigenvalue weighted by Gasteiger charge is -2.32. The maximum absolute atomic E-state index is 11.9. The first-order valence-corrected chi connectivity index (χ1v) is 10.4. The summed E-state index contributed by atoms with van der Waals surface area (Å²) >= 11 is 5.71. The van der Waals surface area contributed by atoms with Crippen LogP contribution in [-0.2, 0) is 14.1 Å². The van der Waals surface area contributed by atoms with E-state index in [1.807, 2.05) is 32.6 Å². The molecule has 1 amide bonds. The van der Waals surface area contributed by atoms with Gasteiger partial charge >= 0.3 is 7.12 Å². The second-order valence-electron chi connectivity index (χ2n) is 8.82. The normalized spacial score (nSPS) is 23.5. The van der Waals surface area contributed by atoms with Gasteiger partial charge in [-0.1, -0.05) is 0 Å². The van der Waals surface area contributed by atoms with Crippen LogP contribution in [0.2, 0.25) is 0 Å². The molecule has 2 fully saturated rings. The van der Waals surface area contributed by atoms with E-state index in [4.69, 9.17) is 20.9 Å². The SMILES string of the molecule is CC(C)N(c1ncc(B2OC(C)(C)C(C)(C)O2)cn1)C1CCN(C(=O)CCl)C1. The molecule has 0 bridgehead atoms. The maximum Gasteiger partial charge on any atom is 0.498 e. The van der Waals surface area contributed by atoms with Crippen molar-refractivity contribution in [2.45, 2.75) is 71.2 Å². The summed E-state index contributed by atoms with van der Waals surface area (Å²) in [6.07, 6.45) is 4.43. The Kier molecular flexibility index (Phi) is 5.95. The molecule has 0 spiro atoms. The lowest BCUT2D eigenvalue weighted by molar-refractivity contribution is -0.127. The Morgan fingerprint density at radius 1 is 1.29 bits per heavy atom. The molecule has 1 atom stereocenters. The van der Waals surface area contributed by atoms with E-state index >= 15 is 0 Å². The number of alkyl halides is 1. The Bertz CT molecular complexity index is 698. The Morgan fingerprint density at radius 3 is 2.36 bits per heavy atom. The van der Waals surface area contributed by atoms with Crippen LogP contribution in [0.5, 0.6) is 0 Å². The molecule has 0 N–H and O–H groups in total. The van der Waals surface area contributed by atoms with Gasteiger partial charge in [0.15, 0.2) is 0 Å². The number of hydrogen-bond donors (Lipinski definition) is 0. The molecule has 1 aromatic heterocycles. The van der Waals surface area contributed by atoms with Gasteiger partial charge in [-0.05, 0) is 48.0 Å². The summed E-state index contributed by atoms with van der Waals surface area (Å²) in [6, 6.07) is 0.383. The van der Waals surface area contributed by atoms with Crippen LogP contribution in [0.4, 0.5) is 5.95 Å². The molecule has 0 radical (unpaired) electrons. The second kappa shape index (κ2) is 7.80. The summed E-state index contributed by atoms with van der Waals surface area (Å²) in [5.41, 5.74) is 0.00183. The number of likely N-dealkylation sites (tertiary alicyclic amines) is 1. The number of carbonyl (C=O) groups excluding carboxylic acids is 1. The Morgan fingerprint density at radius 2 is 1.86 bits per heavy atom. The van der Waals surface area contributed by atoms with Crippen LogP contribution in [0.1, 0.15) is 48.0 Å². The minimum Gasteiger partial charge on any atom is -0.399 e. The minimum absolute atomic E-state index is 0.0215. The predicted octanol–water partition coefficient (Wildman–Crippen LogP) is 1.83. The van der Waals surface area contributed by atoms with Crippen LogP contribution >= 0.6 is 11.6 Å². The molecule has 3 heterocycles. The van der Waals surface area contributed by atoms with Crippen molar-refractivity contribution in [3.8, 4) is 0 Å². The quantitative estimate of drug-likeness (QED) is 0.547. The molecule has 28 heavy (non-hydrogen) atoms. The van der Waals surface area contributed by atoms with Gasteiger partial charge in [-0.15, -0.1) is 11.6 Å². The number of halogens is 1. The third-order valence-electron chi connectivity index (χ3n) is 5.99. The highest BCUT2D eigenvalue weighted by Gasteiger charge is 2.52. The second-order valence-corrected chi connectivity index (χ2v) is 9.09. The average Bonchev–Trinajstić information content (AvgIpc) is 3.17. The lowest BCUT2D eigenvalue weighted by Crippen LogP contribution is -2.44. The van der Waals surface area contributed by atoms with Crippen molar-refractivity contribution < 1.29 is 14.1 Å². The molecule has 2 aliphatic rings. The molecular weight excluding hydrogens is 378 g/mol. The summed E-state index contributed by atoms with van der Waals surface area (Å²) in [7, 11) is -0.477. The zero-order valence-corrected chi connectivity index (χ0v) is 18.4. The number of nitrogens with zero attached hydrogens (tertiary/aromatic N) is 4. The maximum atomic E-state index is 11.9. The molecule has 154 valence electrons. The van der Waals surface area contributed by atoms with E-state index in [-0.39, 0.29) is 23.9 Å². The number of carbonyl (C=O) groups is 1. The van der Waals surface area contributed by atoms with Crippen LogP contribution in [-0.4, -0.2) is 70.1 Å². The van der Waals surface area contributed by atoms with E-state index in [1.165, 1.54) is 0 Å². The number of rotatable bonds is 5. The number of aromatic nitrogens is 2. The minimum atomic E-state index is -0.477. The first-order chi connectivity index (χ1) is 13.1. The highest BCUT2D eigenvalue weighted by molar-refractivity contribution is 6.61. The molecule has 1 aromatic rings. The first kappa shape index (κ1) is 21.3. The van der Waals surface area contributed by atoms with Gasteiger partial charge in [0.25, 0.3) is 0 Å². The van der Waals surface area contributed by atoms with Crippen LogP contribution in [0.15, 0.2) is 12.4 Å². The predicted molar refractivity (Wildman–Crippen MR) is 111 cm³/mol. The van der Waals surface area contributed by atoms with Gasteiger partial charge in [0.1, 0.15) is 5.88 Å².